The van der Waals surface area contributed by atoms with E-state index in [0.717, 1.165) is 6.42 Å². The van der Waals surface area contributed by atoms with Crippen molar-refractivity contribution in [1.82, 2.24) is 0 Å². The monoisotopic (exact) mass is 735 g/mol. The van der Waals surface area contributed by atoms with Crippen LogP contribution in [0, 0.1) is 10.8 Å². The molecule has 0 spiro atoms. The van der Waals surface area contributed by atoms with Crippen molar-refractivity contribution in [3.8, 4) is 0 Å². The van der Waals surface area contributed by atoms with E-state index in [9.17, 15) is 0 Å². The van der Waals surface area contributed by atoms with Gasteiger partial charge in [0.2, 0.25) is 0 Å². The molecule has 0 aromatic heterocycles. The van der Waals surface area contributed by atoms with Crippen LogP contribution in [0.15, 0.2) is 87.6 Å². The van der Waals surface area contributed by atoms with Gasteiger partial charge in [0.05, 0.1) is 0 Å². The molecule has 0 amide bonds. The second kappa shape index (κ2) is 15.7. The van der Waals surface area contributed by atoms with Gasteiger partial charge in [-0.3, -0.25) is 0 Å². The summed E-state index contributed by atoms with van der Waals surface area (Å²) in [5.41, 5.74) is 12.5. The van der Waals surface area contributed by atoms with Crippen LogP contribution in [-0.4, -0.2) is 0 Å². The molecule has 203 valence electrons. The van der Waals surface area contributed by atoms with Gasteiger partial charge < -0.3 is 24.8 Å². The zero-order chi connectivity index (χ0) is 26.7. The molecule has 0 unspecified atom stereocenters. The van der Waals surface area contributed by atoms with Crippen molar-refractivity contribution in [1.29, 1.82) is 0 Å². The molecular weight excluding hydrogens is 697 g/mol. The molecule has 4 aliphatic rings. The molecule has 0 bridgehead atoms. The summed E-state index contributed by atoms with van der Waals surface area (Å²) in [7, 11) is 11.5. The molecule has 0 atom stereocenters. The van der Waals surface area contributed by atoms with Crippen LogP contribution in [0.3, 0.4) is 0 Å². The number of halogens is 4. The van der Waals surface area contributed by atoms with Crippen molar-refractivity contribution >= 4 is 17.0 Å². The molecule has 0 nitrogen and oxygen atoms in total. The van der Waals surface area contributed by atoms with E-state index < -0.39 is 19.4 Å². The molecule has 0 aliphatic heterocycles. The van der Waals surface area contributed by atoms with Gasteiger partial charge >= 0.3 is 120 Å². The van der Waals surface area contributed by atoms with Gasteiger partial charge in [-0.25, -0.2) is 0 Å². The summed E-state index contributed by atoms with van der Waals surface area (Å²) < 4.78 is 5.38. The van der Waals surface area contributed by atoms with E-state index in [4.69, 9.17) is 17.0 Å². The van der Waals surface area contributed by atoms with Crippen LogP contribution in [0.1, 0.15) is 82.1 Å². The van der Waals surface area contributed by atoms with Crippen LogP contribution in [0.5, 0.6) is 0 Å². The van der Waals surface area contributed by atoms with Crippen LogP contribution in [0.4, 0.5) is 0 Å². The zero-order valence-electron chi connectivity index (χ0n) is 24.4. The molecule has 4 aliphatic carbocycles. The summed E-state index contributed by atoms with van der Waals surface area (Å²) in [6.07, 6.45) is 15.1. The van der Waals surface area contributed by atoms with E-state index in [2.05, 4.69) is 98.2 Å². The second-order valence-corrected chi connectivity index (χ2v) is 22.2. The molecule has 0 aromatic rings. The molecule has 0 saturated carbocycles. The van der Waals surface area contributed by atoms with E-state index in [1.807, 2.05) is 12.2 Å². The molecule has 0 fully saturated rings. The quantitative estimate of drug-likeness (QED) is 0.379. The van der Waals surface area contributed by atoms with Gasteiger partial charge in [-0.1, -0.05) is 38.8 Å². The third-order valence-electron chi connectivity index (χ3n) is 8.48. The summed E-state index contributed by atoms with van der Waals surface area (Å²) in [4.78, 5) is 0. The summed E-state index contributed by atoms with van der Waals surface area (Å²) in [5, 5.41) is 0. The molecule has 37 heavy (non-hydrogen) atoms. The van der Waals surface area contributed by atoms with Crippen LogP contribution >= 0.6 is 17.0 Å². The van der Waals surface area contributed by atoms with Crippen LogP contribution < -0.4 is 24.8 Å². The van der Waals surface area contributed by atoms with Crippen molar-refractivity contribution in [2.45, 2.75) is 86.7 Å². The van der Waals surface area contributed by atoms with Crippen LogP contribution in [0.2, 0.25) is 4.63 Å². The fourth-order valence-corrected chi connectivity index (χ4v) is 9.72. The first-order chi connectivity index (χ1) is 16.2. The Kier molecular flexibility index (Phi) is 16.1. The van der Waals surface area contributed by atoms with Crippen molar-refractivity contribution in [3.05, 3.63) is 87.6 Å². The number of hydrogen-bond donors (Lipinski definition) is 0. The Labute approximate surface area is 266 Å². The average Bonchev–Trinajstić information content (AvgIpc) is 3.58. The molecule has 0 aromatic carbocycles. The van der Waals surface area contributed by atoms with Gasteiger partial charge in [0.25, 0.3) is 0 Å². The van der Waals surface area contributed by atoms with E-state index in [-0.39, 0.29) is 58.9 Å². The number of hydrogen-bond acceptors (Lipinski definition) is 0. The molecule has 0 heterocycles. The Bertz CT molecular complexity index is 1050. The summed E-state index contributed by atoms with van der Waals surface area (Å²) in [5.74, 6) is 0. The third-order valence-corrected chi connectivity index (χ3v) is 15.9. The molecule has 6 heteroatoms. The first-order valence-corrected chi connectivity index (χ1v) is 23.8. The summed E-state index contributed by atoms with van der Waals surface area (Å²) in [6, 6.07) is 0. The SMILES string of the molecule is CC1=C(C)C(C)(C)C(C2=C(C)C(C)=C(C)C2(C)C)=C1C.[CH3][Zr+2][C]1=CC=CC1.[Cl-].[Cl-].[Cl][Zr]([Cl])[C]1=CC=CC1. The van der Waals surface area contributed by atoms with Gasteiger partial charge in [-0.05, 0) is 75.0 Å². The Balaban J connectivity index is 0.000000628. The van der Waals surface area contributed by atoms with Crippen molar-refractivity contribution in [2.75, 3.05) is 0 Å². The fraction of sp³-hybridized carbons (Fsp3) is 0.484. The average molecular weight is 740 g/mol. The molecule has 0 radical (unpaired) electrons. The third kappa shape index (κ3) is 8.43. The van der Waals surface area contributed by atoms with E-state index >= 15 is 0 Å². The minimum atomic E-state index is -1.96. The van der Waals surface area contributed by atoms with Crippen LogP contribution in [-0.2, 0) is 42.6 Å². The minimum absolute atomic E-state index is 0. The first-order valence-electron chi connectivity index (χ1n) is 12.6. The Morgan fingerprint density at radius 1 is 0.676 bits per heavy atom. The molecule has 0 N–H and O–H groups in total. The summed E-state index contributed by atoms with van der Waals surface area (Å²) >= 11 is -2.01. The standard InChI is InChI=1S/C20H30.2C5H5.CH3.4ClH.2Zr/c1-11-13(3)17(19(7,8)15(11)5)18-14(4)12(2)16(6)20(18,9)10;2*1-2-4-5-3-1;;;;;;;/h1-10H3;2*1-3H,4H2;1H3;4*1H;;/q;;;;;;;;2*+2/p-4. The maximum absolute atomic E-state index is 5.74. The molecule has 0 saturated heterocycles. The Morgan fingerprint density at radius 2 is 1.08 bits per heavy atom. The van der Waals surface area contributed by atoms with Gasteiger partial charge in [0, 0.05) is 10.8 Å². The topological polar surface area (TPSA) is 0 Å². The fourth-order valence-electron chi connectivity index (χ4n) is 5.41. The predicted octanol–water partition coefficient (Wildman–Crippen LogP) is 5.10. The van der Waals surface area contributed by atoms with Gasteiger partial charge in [0.15, 0.2) is 0 Å². The van der Waals surface area contributed by atoms with E-state index in [0.29, 0.717) is 0 Å². The second-order valence-electron chi connectivity index (χ2n) is 10.9. The maximum atomic E-state index is 5.74. The Morgan fingerprint density at radius 3 is 1.27 bits per heavy atom. The van der Waals surface area contributed by atoms with Gasteiger partial charge in [-0.2, -0.15) is 0 Å². The molecular formula is C31H43Cl4Zr2. The van der Waals surface area contributed by atoms with Crippen molar-refractivity contribution in [2.24, 2.45) is 10.8 Å². The number of allylic oxidation sites excluding steroid dienone is 16. The number of rotatable bonds is 3. The first kappa shape index (κ1) is 37.8. The normalized spacial score (nSPS) is 20.5. The summed E-state index contributed by atoms with van der Waals surface area (Å²) in [6.45, 7) is 23.3. The van der Waals surface area contributed by atoms with Crippen molar-refractivity contribution in [3.63, 3.8) is 0 Å². The van der Waals surface area contributed by atoms with Crippen molar-refractivity contribution < 1.29 is 67.4 Å². The van der Waals surface area contributed by atoms with E-state index in [1.165, 1.54) is 43.1 Å². The predicted molar refractivity (Wildman–Crippen MR) is 151 cm³/mol. The van der Waals surface area contributed by atoms with Gasteiger partial charge in [-0.15, -0.1) is 0 Å². The Hall–Kier alpha value is 0.846. The van der Waals surface area contributed by atoms with Gasteiger partial charge in [0.1, 0.15) is 0 Å². The van der Waals surface area contributed by atoms with E-state index in [1.54, 1.807) is 14.4 Å². The zero-order valence-corrected chi connectivity index (χ0v) is 32.3. The molecule has 4 rings (SSSR count). The van der Waals surface area contributed by atoms with Crippen LogP contribution in [0.25, 0.3) is 0 Å².